The molecule has 1 aromatic carbocycles. The van der Waals surface area contributed by atoms with Gasteiger partial charge in [-0.05, 0) is 18.6 Å². The Morgan fingerprint density at radius 3 is 2.97 bits per heavy atom. The number of nitrogens with one attached hydrogen (secondary N) is 2. The molecule has 0 unspecified atom stereocenters. The van der Waals surface area contributed by atoms with Crippen LogP contribution >= 0.6 is 0 Å². The van der Waals surface area contributed by atoms with Crippen LogP contribution in [0.4, 0.5) is 26.1 Å². The highest BCUT2D eigenvalue weighted by Crippen LogP contribution is 2.36. The Bertz CT molecular complexity index is 1430. The number of rotatable bonds is 4. The van der Waals surface area contributed by atoms with Crippen LogP contribution in [0, 0.1) is 18.6 Å². The number of anilines is 3. The topological polar surface area (TPSA) is 97.3 Å². The number of pyridine rings is 2. The van der Waals surface area contributed by atoms with Crippen LogP contribution in [0.1, 0.15) is 5.56 Å². The highest BCUT2D eigenvalue weighted by atomic mass is 19.1. The number of halogens is 2. The third kappa shape index (κ3) is 4.14. The van der Waals surface area contributed by atoms with Crippen molar-refractivity contribution in [1.29, 1.82) is 0 Å². The monoisotopic (exact) mass is 477 g/mol. The maximum Gasteiger partial charge on any atom is 0.172 e. The second-order valence-corrected chi connectivity index (χ2v) is 8.47. The number of fused-ring (bicyclic) bond motifs is 5. The zero-order valence-corrected chi connectivity index (χ0v) is 18.8. The van der Waals surface area contributed by atoms with Gasteiger partial charge in [-0.15, -0.1) is 0 Å². The standard InChI is InChI=1S/C24H21F2N7O2/c1-13-4-18(17(26)6-20(13)35-16-5-14(25)8-27-9-16)31-23-22-19(29-12-30-23)7-21-24(32-22)33-3-2-28-15(10-33)11-34-21/h4-9,12,15,28H,2-3,10-11H2,1H3,(H,29,30,31)/t15-/m0/s1. The number of hydrogen-bond donors (Lipinski definition) is 2. The predicted octanol–water partition coefficient (Wildman–Crippen LogP) is 3.71. The van der Waals surface area contributed by atoms with Gasteiger partial charge in [0.05, 0.1) is 29.6 Å². The van der Waals surface area contributed by atoms with Gasteiger partial charge in [-0.3, -0.25) is 4.98 Å². The van der Waals surface area contributed by atoms with E-state index in [0.29, 0.717) is 34.8 Å². The number of aryl methyl sites for hydroxylation is 1. The van der Waals surface area contributed by atoms with Crippen LogP contribution in [-0.2, 0) is 0 Å². The quantitative estimate of drug-likeness (QED) is 0.456. The fraction of sp³-hybridized carbons (Fsp3) is 0.250. The van der Waals surface area contributed by atoms with Gasteiger partial charge in [-0.2, -0.15) is 0 Å². The molecule has 1 saturated heterocycles. The maximum atomic E-state index is 15.1. The van der Waals surface area contributed by atoms with Gasteiger partial charge in [0.2, 0.25) is 0 Å². The average molecular weight is 477 g/mol. The molecule has 178 valence electrons. The van der Waals surface area contributed by atoms with Crippen molar-refractivity contribution in [1.82, 2.24) is 25.3 Å². The largest absolute Gasteiger partial charge is 0.488 e. The van der Waals surface area contributed by atoms with Crippen molar-refractivity contribution in [3.8, 4) is 17.2 Å². The molecule has 1 fully saturated rings. The molecule has 2 aliphatic rings. The average Bonchev–Trinajstić information content (AvgIpc) is 2.96. The molecule has 6 rings (SSSR count). The van der Waals surface area contributed by atoms with E-state index in [0.717, 1.165) is 31.6 Å². The molecule has 5 heterocycles. The summed E-state index contributed by atoms with van der Waals surface area (Å²) in [6.07, 6.45) is 3.83. The Balaban J connectivity index is 1.33. The minimum absolute atomic E-state index is 0.178. The predicted molar refractivity (Wildman–Crippen MR) is 126 cm³/mol. The fourth-order valence-electron chi connectivity index (χ4n) is 4.27. The molecule has 4 aromatic rings. The zero-order chi connectivity index (χ0) is 23.9. The molecule has 0 radical (unpaired) electrons. The van der Waals surface area contributed by atoms with E-state index in [1.165, 1.54) is 24.7 Å². The Labute approximate surface area is 199 Å². The molecule has 2 bridgehead atoms. The smallest absolute Gasteiger partial charge is 0.172 e. The second-order valence-electron chi connectivity index (χ2n) is 8.47. The number of aromatic nitrogens is 4. The molecule has 0 saturated carbocycles. The highest BCUT2D eigenvalue weighted by Gasteiger charge is 2.28. The van der Waals surface area contributed by atoms with E-state index in [2.05, 4.69) is 30.5 Å². The van der Waals surface area contributed by atoms with Crippen molar-refractivity contribution >= 4 is 28.4 Å². The van der Waals surface area contributed by atoms with E-state index >= 15 is 4.39 Å². The van der Waals surface area contributed by atoms with E-state index in [1.54, 1.807) is 13.0 Å². The number of nitrogens with zero attached hydrogens (tertiary/aromatic N) is 5. The lowest BCUT2D eigenvalue weighted by atomic mass is 10.2. The molecule has 0 spiro atoms. The van der Waals surface area contributed by atoms with Crippen LogP contribution in [0.2, 0.25) is 0 Å². The molecule has 11 heteroatoms. The van der Waals surface area contributed by atoms with Gasteiger partial charge in [-0.1, -0.05) is 0 Å². The van der Waals surface area contributed by atoms with Crippen LogP contribution in [0.15, 0.2) is 43.0 Å². The first kappa shape index (κ1) is 21.4. The van der Waals surface area contributed by atoms with Crippen molar-refractivity contribution in [2.24, 2.45) is 0 Å². The van der Waals surface area contributed by atoms with Gasteiger partial charge in [-0.25, -0.2) is 23.7 Å². The zero-order valence-electron chi connectivity index (χ0n) is 18.8. The van der Waals surface area contributed by atoms with Crippen LogP contribution < -0.4 is 25.0 Å². The molecule has 2 N–H and O–H groups in total. The van der Waals surface area contributed by atoms with Gasteiger partial charge in [0.1, 0.15) is 41.6 Å². The summed E-state index contributed by atoms with van der Waals surface area (Å²) in [6, 6.07) is 6.09. The third-order valence-corrected chi connectivity index (χ3v) is 5.98. The molecular weight excluding hydrogens is 456 g/mol. The first-order valence-corrected chi connectivity index (χ1v) is 11.2. The highest BCUT2D eigenvalue weighted by molar-refractivity contribution is 5.90. The van der Waals surface area contributed by atoms with Gasteiger partial charge in [0.15, 0.2) is 17.4 Å². The fourth-order valence-corrected chi connectivity index (χ4v) is 4.27. The van der Waals surface area contributed by atoms with Gasteiger partial charge in [0, 0.05) is 37.8 Å². The molecule has 0 aliphatic carbocycles. The Morgan fingerprint density at radius 2 is 2.09 bits per heavy atom. The molecule has 9 nitrogen and oxygen atoms in total. The summed E-state index contributed by atoms with van der Waals surface area (Å²) in [4.78, 5) is 19.4. The van der Waals surface area contributed by atoms with Gasteiger partial charge < -0.3 is 25.0 Å². The summed E-state index contributed by atoms with van der Waals surface area (Å²) in [5.41, 5.74) is 1.93. The van der Waals surface area contributed by atoms with Crippen molar-refractivity contribution < 1.29 is 18.3 Å². The summed E-state index contributed by atoms with van der Waals surface area (Å²) < 4.78 is 40.1. The molecule has 35 heavy (non-hydrogen) atoms. The Kier molecular flexibility index (Phi) is 5.25. The molecule has 2 aliphatic heterocycles. The second kappa shape index (κ2) is 8.58. The van der Waals surface area contributed by atoms with Crippen LogP contribution in [0.5, 0.6) is 17.2 Å². The number of ether oxygens (including phenoxy) is 2. The summed E-state index contributed by atoms with van der Waals surface area (Å²) in [5, 5.41) is 6.48. The van der Waals surface area contributed by atoms with E-state index in [9.17, 15) is 4.39 Å². The molecular formula is C24H21F2N7O2. The molecule has 3 aromatic heterocycles. The maximum absolute atomic E-state index is 15.1. The summed E-state index contributed by atoms with van der Waals surface area (Å²) >= 11 is 0. The summed E-state index contributed by atoms with van der Waals surface area (Å²) in [6.45, 7) is 4.75. The van der Waals surface area contributed by atoms with E-state index in [1.807, 2.05) is 6.07 Å². The first-order valence-electron chi connectivity index (χ1n) is 11.2. The summed E-state index contributed by atoms with van der Waals surface area (Å²) in [5.74, 6) is 1.09. The molecule has 1 atom stereocenters. The van der Waals surface area contributed by atoms with E-state index in [4.69, 9.17) is 14.5 Å². The SMILES string of the molecule is Cc1cc(Nc2ncnc3cc4c(nc23)N2CCN[C@H](CO4)C2)c(F)cc1Oc1cncc(F)c1. The lowest BCUT2D eigenvalue weighted by Crippen LogP contribution is -2.51. The van der Waals surface area contributed by atoms with Crippen molar-refractivity contribution in [3.05, 3.63) is 60.2 Å². The molecule has 0 amide bonds. The third-order valence-electron chi connectivity index (χ3n) is 5.98. The number of piperazine rings is 1. The van der Waals surface area contributed by atoms with Crippen molar-refractivity contribution in [2.75, 3.05) is 36.5 Å². The Hall–Kier alpha value is -4.12. The minimum Gasteiger partial charge on any atom is -0.488 e. The minimum atomic E-state index is -0.565. The number of hydrogen-bond acceptors (Lipinski definition) is 9. The van der Waals surface area contributed by atoms with Crippen molar-refractivity contribution in [3.63, 3.8) is 0 Å². The summed E-state index contributed by atoms with van der Waals surface area (Å²) in [7, 11) is 0. The van der Waals surface area contributed by atoms with Crippen LogP contribution in [0.3, 0.4) is 0 Å². The van der Waals surface area contributed by atoms with E-state index in [-0.39, 0.29) is 23.2 Å². The lowest BCUT2D eigenvalue weighted by molar-refractivity contribution is 0.271. The van der Waals surface area contributed by atoms with Gasteiger partial charge in [0.25, 0.3) is 0 Å². The lowest BCUT2D eigenvalue weighted by Gasteiger charge is -2.31. The van der Waals surface area contributed by atoms with Gasteiger partial charge >= 0.3 is 0 Å². The first-order chi connectivity index (χ1) is 17.0. The van der Waals surface area contributed by atoms with Crippen molar-refractivity contribution in [2.45, 2.75) is 13.0 Å². The Morgan fingerprint density at radius 1 is 1.17 bits per heavy atom. The normalized spacial score (nSPS) is 16.9. The van der Waals surface area contributed by atoms with Crippen LogP contribution in [-0.4, -0.2) is 52.2 Å². The number of benzene rings is 1. The van der Waals surface area contributed by atoms with Crippen LogP contribution in [0.25, 0.3) is 11.0 Å². The van der Waals surface area contributed by atoms with E-state index < -0.39 is 11.6 Å².